The van der Waals surface area contributed by atoms with E-state index < -0.39 is 0 Å². The van der Waals surface area contributed by atoms with Gasteiger partial charge in [0, 0.05) is 37.9 Å². The minimum absolute atomic E-state index is 0.166. The Labute approximate surface area is 163 Å². The number of para-hydroxylation sites is 2. The van der Waals surface area contributed by atoms with E-state index in [1.54, 1.807) is 0 Å². The third-order valence-electron chi connectivity index (χ3n) is 5.81. The molecule has 0 spiro atoms. The predicted octanol–water partition coefficient (Wildman–Crippen LogP) is 3.06. The summed E-state index contributed by atoms with van der Waals surface area (Å²) in [4.78, 5) is 25.4. The molecule has 7 heteroatoms. The maximum atomic E-state index is 11.8. The topological polar surface area (TPSA) is 63.5 Å². The van der Waals surface area contributed by atoms with E-state index in [0.717, 1.165) is 54.2 Å². The molecule has 5 rings (SSSR count). The van der Waals surface area contributed by atoms with Gasteiger partial charge in [-0.05, 0) is 37.1 Å². The number of carbonyl (C=O) groups is 1. The number of aryl methyl sites for hydroxylation is 1. The van der Waals surface area contributed by atoms with Crippen molar-refractivity contribution < 1.29 is 9.53 Å². The van der Waals surface area contributed by atoms with E-state index >= 15 is 0 Å². The molecular weight excluding hydrogens is 354 g/mol. The van der Waals surface area contributed by atoms with Crippen LogP contribution in [0.4, 0.5) is 10.6 Å². The van der Waals surface area contributed by atoms with E-state index in [2.05, 4.69) is 26.6 Å². The summed E-state index contributed by atoms with van der Waals surface area (Å²) < 4.78 is 7.21. The van der Waals surface area contributed by atoms with E-state index in [4.69, 9.17) is 9.72 Å². The number of pyridine rings is 1. The molecular formula is C21H23N5O2. The van der Waals surface area contributed by atoms with Crippen LogP contribution in [0.2, 0.25) is 0 Å². The highest BCUT2D eigenvalue weighted by molar-refractivity contribution is 5.80. The summed E-state index contributed by atoms with van der Waals surface area (Å²) in [5.74, 6) is 1.91. The number of rotatable bonds is 3. The van der Waals surface area contributed by atoms with Crippen LogP contribution in [0.15, 0.2) is 42.6 Å². The maximum Gasteiger partial charge on any atom is 0.410 e. The van der Waals surface area contributed by atoms with Crippen molar-refractivity contribution in [1.29, 1.82) is 0 Å². The first-order valence-electron chi connectivity index (χ1n) is 9.77. The highest BCUT2D eigenvalue weighted by atomic mass is 16.6. The van der Waals surface area contributed by atoms with Gasteiger partial charge < -0.3 is 19.1 Å². The first kappa shape index (κ1) is 17.0. The van der Waals surface area contributed by atoms with Crippen molar-refractivity contribution >= 4 is 22.9 Å². The number of anilines is 1. The Morgan fingerprint density at radius 2 is 1.93 bits per heavy atom. The van der Waals surface area contributed by atoms with Crippen LogP contribution >= 0.6 is 0 Å². The molecule has 0 aliphatic carbocycles. The molecule has 1 aromatic carbocycles. The summed E-state index contributed by atoms with van der Waals surface area (Å²) in [6.07, 6.45) is 3.56. The van der Waals surface area contributed by atoms with Gasteiger partial charge in [0.25, 0.3) is 0 Å². The lowest BCUT2D eigenvalue weighted by Crippen LogP contribution is -2.45. The SMILES string of the molecule is Cn1c(-c2ccnc(N3CCC(N4CCOC4=O)CC3)c2)nc2ccccc21. The number of hydrogen-bond donors (Lipinski definition) is 0. The lowest BCUT2D eigenvalue weighted by atomic mass is 10.0. The van der Waals surface area contributed by atoms with Gasteiger partial charge in [0.1, 0.15) is 18.2 Å². The number of aromatic nitrogens is 3. The monoisotopic (exact) mass is 377 g/mol. The van der Waals surface area contributed by atoms with Gasteiger partial charge in [0.2, 0.25) is 0 Å². The quantitative estimate of drug-likeness (QED) is 0.702. The van der Waals surface area contributed by atoms with Crippen LogP contribution in [-0.4, -0.2) is 57.8 Å². The van der Waals surface area contributed by atoms with Crippen molar-refractivity contribution in [3.63, 3.8) is 0 Å². The highest BCUT2D eigenvalue weighted by Gasteiger charge is 2.32. The standard InChI is InChI=1S/C21H23N5O2/c1-24-18-5-3-2-4-17(18)23-20(24)15-6-9-22-19(14-15)25-10-7-16(8-11-25)26-12-13-28-21(26)27/h2-6,9,14,16H,7-8,10-13H2,1H3. The number of cyclic esters (lactones) is 1. The minimum atomic E-state index is -0.166. The van der Waals surface area contributed by atoms with E-state index in [9.17, 15) is 4.79 Å². The number of fused-ring (bicyclic) bond motifs is 1. The van der Waals surface area contributed by atoms with Crippen molar-refractivity contribution in [3.05, 3.63) is 42.6 Å². The maximum absolute atomic E-state index is 11.8. The van der Waals surface area contributed by atoms with Crippen LogP contribution < -0.4 is 4.90 Å². The Morgan fingerprint density at radius 1 is 1.11 bits per heavy atom. The number of amides is 1. The fourth-order valence-corrected chi connectivity index (χ4v) is 4.28. The smallest absolute Gasteiger partial charge is 0.410 e. The average molecular weight is 377 g/mol. The summed E-state index contributed by atoms with van der Waals surface area (Å²) in [7, 11) is 2.05. The largest absolute Gasteiger partial charge is 0.448 e. The van der Waals surface area contributed by atoms with Crippen LogP contribution in [0.1, 0.15) is 12.8 Å². The van der Waals surface area contributed by atoms with Crippen LogP contribution in [0, 0.1) is 0 Å². The van der Waals surface area contributed by atoms with E-state index in [0.29, 0.717) is 13.2 Å². The fourth-order valence-electron chi connectivity index (χ4n) is 4.28. The van der Waals surface area contributed by atoms with Crippen molar-refractivity contribution in [2.75, 3.05) is 31.1 Å². The van der Waals surface area contributed by atoms with Crippen molar-refractivity contribution in [1.82, 2.24) is 19.4 Å². The molecule has 2 saturated heterocycles. The second-order valence-electron chi connectivity index (χ2n) is 7.41. The van der Waals surface area contributed by atoms with Crippen LogP contribution in [0.5, 0.6) is 0 Å². The Morgan fingerprint density at radius 3 is 2.68 bits per heavy atom. The van der Waals surface area contributed by atoms with Gasteiger partial charge in [-0.3, -0.25) is 0 Å². The zero-order chi connectivity index (χ0) is 19.1. The molecule has 0 radical (unpaired) electrons. The summed E-state index contributed by atoms with van der Waals surface area (Å²) in [6.45, 7) is 2.99. The van der Waals surface area contributed by atoms with Gasteiger partial charge in [-0.2, -0.15) is 0 Å². The molecule has 28 heavy (non-hydrogen) atoms. The lowest BCUT2D eigenvalue weighted by molar-refractivity contribution is 0.142. The van der Waals surface area contributed by atoms with Crippen molar-refractivity contribution in [3.8, 4) is 11.4 Å². The van der Waals surface area contributed by atoms with Crippen LogP contribution in [0.25, 0.3) is 22.4 Å². The second-order valence-corrected chi connectivity index (χ2v) is 7.41. The summed E-state index contributed by atoms with van der Waals surface area (Å²) in [6, 6.07) is 12.6. The number of benzene rings is 1. The zero-order valence-corrected chi connectivity index (χ0v) is 15.9. The van der Waals surface area contributed by atoms with Gasteiger partial charge in [0.05, 0.1) is 17.6 Å². The molecule has 0 unspecified atom stereocenters. The van der Waals surface area contributed by atoms with Crippen LogP contribution in [0.3, 0.4) is 0 Å². The number of nitrogens with zero attached hydrogens (tertiary/aromatic N) is 5. The molecule has 0 saturated carbocycles. The molecule has 0 bridgehead atoms. The predicted molar refractivity (Wildman–Crippen MR) is 107 cm³/mol. The number of ether oxygens (including phenoxy) is 1. The van der Waals surface area contributed by atoms with Gasteiger partial charge in [0.15, 0.2) is 0 Å². The van der Waals surface area contributed by atoms with Crippen molar-refractivity contribution in [2.24, 2.45) is 7.05 Å². The summed E-state index contributed by atoms with van der Waals surface area (Å²) in [5.41, 5.74) is 3.18. The van der Waals surface area contributed by atoms with Crippen LogP contribution in [-0.2, 0) is 11.8 Å². The average Bonchev–Trinajstić information content (AvgIpc) is 3.32. The number of carbonyl (C=O) groups excluding carboxylic acids is 1. The molecule has 3 aromatic rings. The molecule has 144 valence electrons. The van der Waals surface area contributed by atoms with Crippen molar-refractivity contribution in [2.45, 2.75) is 18.9 Å². The molecule has 0 atom stereocenters. The van der Waals surface area contributed by atoms with E-state index in [-0.39, 0.29) is 12.1 Å². The fraction of sp³-hybridized carbons (Fsp3) is 0.381. The van der Waals surface area contributed by atoms with E-state index in [1.165, 1.54) is 0 Å². The highest BCUT2D eigenvalue weighted by Crippen LogP contribution is 2.28. The Balaban J connectivity index is 1.36. The van der Waals surface area contributed by atoms with Gasteiger partial charge in [-0.25, -0.2) is 14.8 Å². The Hall–Kier alpha value is -3.09. The molecule has 0 N–H and O–H groups in total. The third-order valence-corrected chi connectivity index (χ3v) is 5.81. The zero-order valence-electron chi connectivity index (χ0n) is 15.9. The number of piperidine rings is 1. The van der Waals surface area contributed by atoms with Gasteiger partial charge in [-0.1, -0.05) is 12.1 Å². The Bertz CT molecular complexity index is 1020. The second kappa shape index (κ2) is 6.82. The van der Waals surface area contributed by atoms with E-state index in [1.807, 2.05) is 42.4 Å². The Kier molecular flexibility index (Phi) is 4.15. The molecule has 1 amide bonds. The van der Waals surface area contributed by atoms with Gasteiger partial charge >= 0.3 is 6.09 Å². The molecule has 2 aliphatic heterocycles. The number of hydrogen-bond acceptors (Lipinski definition) is 5. The third kappa shape index (κ3) is 2.87. The van der Waals surface area contributed by atoms with Gasteiger partial charge in [-0.15, -0.1) is 0 Å². The molecule has 2 aliphatic rings. The molecule has 4 heterocycles. The lowest BCUT2D eigenvalue weighted by Gasteiger charge is -2.36. The first-order chi connectivity index (χ1) is 13.7. The summed E-state index contributed by atoms with van der Waals surface area (Å²) in [5, 5.41) is 0. The molecule has 7 nitrogen and oxygen atoms in total. The molecule has 2 aromatic heterocycles. The first-order valence-corrected chi connectivity index (χ1v) is 9.77. The summed E-state index contributed by atoms with van der Waals surface area (Å²) >= 11 is 0. The number of imidazole rings is 1. The normalized spacial score (nSPS) is 18.1. The molecule has 2 fully saturated rings. The minimum Gasteiger partial charge on any atom is -0.448 e.